The first-order valence-corrected chi connectivity index (χ1v) is 6.66. The van der Waals surface area contributed by atoms with Crippen molar-refractivity contribution in [3.63, 3.8) is 0 Å². The molecule has 0 bridgehead atoms. The third-order valence-corrected chi connectivity index (χ3v) is 3.15. The average molecular weight is 271 g/mol. The molecular formula is C13H19ClN2O2. The molecule has 0 fully saturated rings. The van der Waals surface area contributed by atoms with Gasteiger partial charge in [-0.15, -0.1) is 0 Å². The molecule has 1 atom stereocenters. The van der Waals surface area contributed by atoms with Crippen molar-refractivity contribution in [2.24, 2.45) is 0 Å². The van der Waals surface area contributed by atoms with Crippen molar-refractivity contribution in [2.75, 3.05) is 5.32 Å². The van der Waals surface area contributed by atoms with Crippen LogP contribution in [0.2, 0.25) is 5.02 Å². The molecule has 5 heteroatoms. The zero-order valence-corrected chi connectivity index (χ0v) is 11.5. The van der Waals surface area contributed by atoms with E-state index in [2.05, 4.69) is 19.2 Å². The first-order chi connectivity index (χ1) is 8.58. The summed E-state index contributed by atoms with van der Waals surface area (Å²) in [5.41, 5.74) is 0.588. The number of hydrogen-bond donors (Lipinski definition) is 1. The maximum atomic E-state index is 11.0. The molecule has 0 spiro atoms. The van der Waals surface area contributed by atoms with Gasteiger partial charge < -0.3 is 5.32 Å². The Morgan fingerprint density at radius 1 is 1.44 bits per heavy atom. The fraction of sp³-hybridized carbons (Fsp3) is 0.538. The van der Waals surface area contributed by atoms with Gasteiger partial charge in [0.25, 0.3) is 5.69 Å². The van der Waals surface area contributed by atoms with Crippen molar-refractivity contribution in [3.8, 4) is 0 Å². The Kier molecular flexibility index (Phi) is 5.92. The van der Waals surface area contributed by atoms with Crippen LogP contribution in [0.15, 0.2) is 18.2 Å². The summed E-state index contributed by atoms with van der Waals surface area (Å²) in [5.74, 6) is 0. The predicted molar refractivity (Wildman–Crippen MR) is 75.3 cm³/mol. The van der Waals surface area contributed by atoms with Crippen molar-refractivity contribution in [3.05, 3.63) is 33.3 Å². The van der Waals surface area contributed by atoms with Gasteiger partial charge in [-0.05, 0) is 25.0 Å². The number of unbranched alkanes of at least 4 members (excludes halogenated alkanes) is 1. The molecule has 4 nitrogen and oxygen atoms in total. The third-order valence-electron chi connectivity index (χ3n) is 2.92. The van der Waals surface area contributed by atoms with Crippen LogP contribution in [0.4, 0.5) is 11.4 Å². The summed E-state index contributed by atoms with van der Waals surface area (Å²) in [6.07, 6.45) is 4.21. The van der Waals surface area contributed by atoms with E-state index in [1.54, 1.807) is 12.1 Å². The number of nitrogens with zero attached hydrogens (tertiary/aromatic N) is 1. The summed E-state index contributed by atoms with van der Waals surface area (Å²) in [6.45, 7) is 4.21. The smallest absolute Gasteiger partial charge is 0.293 e. The highest BCUT2D eigenvalue weighted by Gasteiger charge is 2.16. The number of nitrogens with one attached hydrogen (secondary N) is 1. The van der Waals surface area contributed by atoms with Gasteiger partial charge in [0.2, 0.25) is 0 Å². The molecule has 1 aromatic rings. The zero-order valence-electron chi connectivity index (χ0n) is 10.8. The third kappa shape index (κ3) is 4.18. The summed E-state index contributed by atoms with van der Waals surface area (Å²) < 4.78 is 0. The maximum absolute atomic E-state index is 11.0. The van der Waals surface area contributed by atoms with Crippen molar-refractivity contribution in [1.82, 2.24) is 0 Å². The van der Waals surface area contributed by atoms with Crippen molar-refractivity contribution >= 4 is 23.0 Å². The molecule has 0 aliphatic heterocycles. The normalized spacial score (nSPS) is 12.2. The van der Waals surface area contributed by atoms with Crippen molar-refractivity contribution in [1.29, 1.82) is 0 Å². The van der Waals surface area contributed by atoms with Crippen molar-refractivity contribution < 1.29 is 4.92 Å². The van der Waals surface area contributed by atoms with Gasteiger partial charge >= 0.3 is 0 Å². The van der Waals surface area contributed by atoms with E-state index in [9.17, 15) is 10.1 Å². The van der Waals surface area contributed by atoms with E-state index >= 15 is 0 Å². The van der Waals surface area contributed by atoms with Crippen LogP contribution < -0.4 is 5.32 Å². The van der Waals surface area contributed by atoms with Crippen LogP contribution in [-0.4, -0.2) is 11.0 Å². The van der Waals surface area contributed by atoms with E-state index in [0.717, 1.165) is 25.7 Å². The van der Waals surface area contributed by atoms with Gasteiger partial charge in [0.05, 0.1) is 4.92 Å². The Morgan fingerprint density at radius 2 is 2.17 bits per heavy atom. The van der Waals surface area contributed by atoms with Crippen LogP contribution in [-0.2, 0) is 0 Å². The van der Waals surface area contributed by atoms with Gasteiger partial charge in [-0.25, -0.2) is 0 Å². The molecule has 0 saturated heterocycles. The fourth-order valence-corrected chi connectivity index (χ4v) is 1.99. The highest BCUT2D eigenvalue weighted by Crippen LogP contribution is 2.29. The number of benzene rings is 1. The lowest BCUT2D eigenvalue weighted by Crippen LogP contribution is -2.18. The summed E-state index contributed by atoms with van der Waals surface area (Å²) in [5, 5.41) is 14.6. The second-order valence-corrected chi connectivity index (χ2v) is 4.75. The summed E-state index contributed by atoms with van der Waals surface area (Å²) in [7, 11) is 0. The second kappa shape index (κ2) is 7.21. The van der Waals surface area contributed by atoms with E-state index in [0.29, 0.717) is 10.7 Å². The van der Waals surface area contributed by atoms with Gasteiger partial charge in [0.1, 0.15) is 5.69 Å². The lowest BCUT2D eigenvalue weighted by Gasteiger charge is -2.17. The Bertz CT molecular complexity index is 410. The molecule has 0 radical (unpaired) electrons. The van der Waals surface area contributed by atoms with E-state index in [4.69, 9.17) is 11.6 Å². The quantitative estimate of drug-likeness (QED) is 0.580. The molecule has 0 amide bonds. The minimum Gasteiger partial charge on any atom is -0.377 e. The molecule has 0 saturated carbocycles. The number of nitro groups is 1. The molecule has 1 rings (SSSR count). The van der Waals surface area contributed by atoms with Crippen LogP contribution in [0.5, 0.6) is 0 Å². The molecule has 1 unspecified atom stereocenters. The molecule has 1 N–H and O–H groups in total. The topological polar surface area (TPSA) is 55.2 Å². The highest BCUT2D eigenvalue weighted by atomic mass is 35.5. The highest BCUT2D eigenvalue weighted by molar-refractivity contribution is 6.30. The Hall–Kier alpha value is -1.29. The van der Waals surface area contributed by atoms with Crippen LogP contribution in [0.25, 0.3) is 0 Å². The van der Waals surface area contributed by atoms with Gasteiger partial charge in [-0.1, -0.05) is 38.3 Å². The molecule has 100 valence electrons. The van der Waals surface area contributed by atoms with E-state index in [1.807, 2.05) is 0 Å². The number of hydrogen-bond acceptors (Lipinski definition) is 3. The Labute approximate surface area is 112 Å². The Morgan fingerprint density at radius 3 is 2.72 bits per heavy atom. The summed E-state index contributed by atoms with van der Waals surface area (Å²) >= 11 is 5.78. The Balaban J connectivity index is 2.84. The minimum absolute atomic E-state index is 0.0393. The van der Waals surface area contributed by atoms with Crippen molar-refractivity contribution in [2.45, 2.75) is 45.6 Å². The standard InChI is InChI=1S/C13H19ClN2O2/c1-3-5-6-11(4-2)15-12-8-7-10(14)9-13(12)16(17)18/h7-9,11,15H,3-6H2,1-2H3. The van der Waals surface area contributed by atoms with E-state index < -0.39 is 4.92 Å². The number of halogens is 1. The second-order valence-electron chi connectivity index (χ2n) is 4.31. The first kappa shape index (κ1) is 14.8. The molecule has 0 aliphatic carbocycles. The minimum atomic E-state index is -0.402. The van der Waals surface area contributed by atoms with Crippen LogP contribution in [0, 0.1) is 10.1 Å². The lowest BCUT2D eigenvalue weighted by molar-refractivity contribution is -0.384. The molecule has 1 aromatic carbocycles. The van der Waals surface area contributed by atoms with Gasteiger partial charge in [0.15, 0.2) is 0 Å². The molecule has 0 aliphatic rings. The lowest BCUT2D eigenvalue weighted by atomic mass is 10.1. The largest absolute Gasteiger partial charge is 0.377 e. The van der Waals surface area contributed by atoms with Gasteiger partial charge in [-0.3, -0.25) is 10.1 Å². The number of rotatable bonds is 7. The monoisotopic (exact) mass is 270 g/mol. The van der Waals surface area contributed by atoms with Gasteiger partial charge in [-0.2, -0.15) is 0 Å². The molecule has 0 aromatic heterocycles. The van der Waals surface area contributed by atoms with Crippen LogP contribution >= 0.6 is 11.6 Å². The van der Waals surface area contributed by atoms with Crippen LogP contribution in [0.1, 0.15) is 39.5 Å². The first-order valence-electron chi connectivity index (χ1n) is 6.29. The number of anilines is 1. The SMILES string of the molecule is CCCCC(CC)Nc1ccc(Cl)cc1[N+](=O)[O-]. The summed E-state index contributed by atoms with van der Waals surface area (Å²) in [6, 6.07) is 5.00. The average Bonchev–Trinajstić information content (AvgIpc) is 2.35. The molecular weight excluding hydrogens is 252 g/mol. The number of nitro benzene ring substituents is 1. The van der Waals surface area contributed by atoms with E-state index in [1.165, 1.54) is 6.07 Å². The predicted octanol–water partition coefficient (Wildman–Crippen LogP) is 4.63. The van der Waals surface area contributed by atoms with Gasteiger partial charge in [0, 0.05) is 17.1 Å². The molecule has 0 heterocycles. The zero-order chi connectivity index (χ0) is 13.5. The van der Waals surface area contributed by atoms with E-state index in [-0.39, 0.29) is 11.7 Å². The van der Waals surface area contributed by atoms with Crippen LogP contribution in [0.3, 0.4) is 0 Å². The fourth-order valence-electron chi connectivity index (χ4n) is 1.83. The summed E-state index contributed by atoms with van der Waals surface area (Å²) in [4.78, 5) is 10.6. The maximum Gasteiger partial charge on any atom is 0.293 e. The molecule has 18 heavy (non-hydrogen) atoms.